The zero-order valence-electron chi connectivity index (χ0n) is 15.8. The Morgan fingerprint density at radius 2 is 1.89 bits per heavy atom. The Bertz CT molecular complexity index is 763. The third-order valence-corrected chi connectivity index (χ3v) is 4.83. The maximum Gasteiger partial charge on any atom is 0.269 e. The van der Waals surface area contributed by atoms with Gasteiger partial charge in [-0.25, -0.2) is 0 Å². The van der Waals surface area contributed by atoms with Gasteiger partial charge < -0.3 is 14.8 Å². The highest BCUT2D eigenvalue weighted by Crippen LogP contribution is 2.34. The van der Waals surface area contributed by atoms with E-state index >= 15 is 0 Å². The monoisotopic (exact) mass is 436 g/mol. The third kappa shape index (κ3) is 6.52. The molecule has 0 heterocycles. The Balaban J connectivity index is 2.01. The van der Waals surface area contributed by atoms with Crippen molar-refractivity contribution < 1.29 is 14.4 Å². The lowest BCUT2D eigenvalue weighted by molar-refractivity contribution is -0.384. The molecule has 0 aliphatic heterocycles. The van der Waals surface area contributed by atoms with Crippen molar-refractivity contribution in [1.82, 2.24) is 5.32 Å². The summed E-state index contributed by atoms with van der Waals surface area (Å²) >= 11 is 3.59. The summed E-state index contributed by atoms with van der Waals surface area (Å²) in [7, 11) is 1.61. The van der Waals surface area contributed by atoms with E-state index in [0.29, 0.717) is 24.0 Å². The normalized spacial score (nSPS) is 10.9. The molecule has 7 heteroatoms. The van der Waals surface area contributed by atoms with Gasteiger partial charge in [0.1, 0.15) is 6.61 Å². The van der Waals surface area contributed by atoms with E-state index in [1.807, 2.05) is 12.1 Å². The van der Waals surface area contributed by atoms with Crippen LogP contribution < -0.4 is 14.8 Å². The van der Waals surface area contributed by atoms with E-state index in [2.05, 4.69) is 35.1 Å². The second-order valence-electron chi connectivity index (χ2n) is 6.67. The molecule has 2 aromatic rings. The highest BCUT2D eigenvalue weighted by Gasteiger charge is 2.11. The minimum absolute atomic E-state index is 0.0633. The van der Waals surface area contributed by atoms with Gasteiger partial charge in [-0.05, 0) is 54.3 Å². The Hall–Kier alpha value is -2.12. The van der Waals surface area contributed by atoms with E-state index in [4.69, 9.17) is 9.47 Å². The summed E-state index contributed by atoms with van der Waals surface area (Å²) in [6.45, 7) is 6.42. The molecular weight excluding hydrogens is 412 g/mol. The fourth-order valence-corrected chi connectivity index (χ4v) is 2.94. The second-order valence-corrected chi connectivity index (χ2v) is 7.52. The molecule has 0 aliphatic carbocycles. The first kappa shape index (κ1) is 21.2. The lowest BCUT2D eigenvalue weighted by Crippen LogP contribution is -2.16. The van der Waals surface area contributed by atoms with Gasteiger partial charge in [0.15, 0.2) is 11.5 Å². The van der Waals surface area contributed by atoms with Gasteiger partial charge in [0, 0.05) is 23.2 Å². The molecule has 0 saturated carbocycles. The molecule has 0 amide bonds. The molecule has 0 spiro atoms. The van der Waals surface area contributed by atoms with Crippen LogP contribution in [-0.2, 0) is 13.2 Å². The second kappa shape index (κ2) is 10.3. The molecule has 146 valence electrons. The number of hydrogen-bond acceptors (Lipinski definition) is 5. The summed E-state index contributed by atoms with van der Waals surface area (Å²) in [5, 5.41) is 14.2. The molecule has 0 bridgehead atoms. The maximum atomic E-state index is 10.7. The summed E-state index contributed by atoms with van der Waals surface area (Å²) in [6, 6.07) is 10.2. The highest BCUT2D eigenvalue weighted by atomic mass is 79.9. The van der Waals surface area contributed by atoms with E-state index in [0.717, 1.165) is 35.1 Å². The van der Waals surface area contributed by atoms with Crippen LogP contribution >= 0.6 is 15.9 Å². The number of hydrogen-bond donors (Lipinski definition) is 1. The summed E-state index contributed by atoms with van der Waals surface area (Å²) in [5.74, 6) is 1.94. The summed E-state index contributed by atoms with van der Waals surface area (Å²) in [4.78, 5) is 10.3. The Morgan fingerprint density at radius 1 is 1.19 bits per heavy atom. The molecular formula is C20H25BrN2O4. The summed E-state index contributed by atoms with van der Waals surface area (Å²) in [5.41, 5.74) is 2.00. The predicted octanol–water partition coefficient (Wildman–Crippen LogP) is 5.08. The molecule has 2 aromatic carbocycles. The topological polar surface area (TPSA) is 73.6 Å². The van der Waals surface area contributed by atoms with Crippen LogP contribution in [0.25, 0.3) is 0 Å². The minimum atomic E-state index is -0.418. The number of nitrogens with one attached hydrogen (secondary N) is 1. The smallest absolute Gasteiger partial charge is 0.269 e. The van der Waals surface area contributed by atoms with Crippen LogP contribution in [0, 0.1) is 16.0 Å². The maximum absolute atomic E-state index is 10.7. The molecule has 0 radical (unpaired) electrons. The van der Waals surface area contributed by atoms with E-state index in [1.54, 1.807) is 19.2 Å². The minimum Gasteiger partial charge on any atom is -0.493 e. The van der Waals surface area contributed by atoms with Gasteiger partial charge in [-0.15, -0.1) is 0 Å². The quantitative estimate of drug-likeness (QED) is 0.319. The number of methoxy groups -OCH3 is 1. The van der Waals surface area contributed by atoms with Crippen molar-refractivity contribution in [2.75, 3.05) is 13.7 Å². The third-order valence-electron chi connectivity index (χ3n) is 4.09. The SMILES string of the molecule is COc1cc(CNCCC(C)C)c(Br)cc1OCc1ccc([N+](=O)[O-])cc1. The van der Waals surface area contributed by atoms with Crippen molar-refractivity contribution in [3.63, 3.8) is 0 Å². The Morgan fingerprint density at radius 3 is 2.48 bits per heavy atom. The van der Waals surface area contributed by atoms with Crippen LogP contribution in [-0.4, -0.2) is 18.6 Å². The zero-order valence-corrected chi connectivity index (χ0v) is 17.4. The van der Waals surface area contributed by atoms with Gasteiger partial charge in [0.25, 0.3) is 5.69 Å². The van der Waals surface area contributed by atoms with Crippen molar-refractivity contribution in [3.8, 4) is 11.5 Å². The van der Waals surface area contributed by atoms with Crippen LogP contribution in [0.1, 0.15) is 31.4 Å². The molecule has 6 nitrogen and oxygen atoms in total. The van der Waals surface area contributed by atoms with Crippen LogP contribution in [0.15, 0.2) is 40.9 Å². The Labute approximate surface area is 168 Å². The van der Waals surface area contributed by atoms with Crippen LogP contribution in [0.2, 0.25) is 0 Å². The van der Waals surface area contributed by atoms with Crippen LogP contribution in [0.4, 0.5) is 5.69 Å². The van der Waals surface area contributed by atoms with Crippen molar-refractivity contribution in [1.29, 1.82) is 0 Å². The van der Waals surface area contributed by atoms with Gasteiger partial charge in [0.05, 0.1) is 12.0 Å². The molecule has 2 rings (SSSR count). The number of benzene rings is 2. The van der Waals surface area contributed by atoms with Crippen molar-refractivity contribution in [2.24, 2.45) is 5.92 Å². The first-order chi connectivity index (χ1) is 12.9. The molecule has 0 atom stereocenters. The summed E-state index contributed by atoms with van der Waals surface area (Å²) < 4.78 is 12.3. The largest absolute Gasteiger partial charge is 0.493 e. The van der Waals surface area contributed by atoms with Crippen molar-refractivity contribution >= 4 is 21.6 Å². The fraction of sp³-hybridized carbons (Fsp3) is 0.400. The number of nitrogens with zero attached hydrogens (tertiary/aromatic N) is 1. The van der Waals surface area contributed by atoms with Crippen molar-refractivity contribution in [2.45, 2.75) is 33.4 Å². The zero-order chi connectivity index (χ0) is 19.8. The molecule has 0 aliphatic rings. The van der Waals surface area contributed by atoms with E-state index in [-0.39, 0.29) is 5.69 Å². The van der Waals surface area contributed by atoms with Gasteiger partial charge in [-0.1, -0.05) is 29.8 Å². The lowest BCUT2D eigenvalue weighted by atomic mass is 10.1. The fourth-order valence-electron chi connectivity index (χ4n) is 2.47. The highest BCUT2D eigenvalue weighted by molar-refractivity contribution is 9.10. The van der Waals surface area contributed by atoms with Crippen molar-refractivity contribution in [3.05, 3.63) is 62.1 Å². The number of nitro groups is 1. The first-order valence-electron chi connectivity index (χ1n) is 8.84. The molecule has 0 unspecified atom stereocenters. The molecule has 0 saturated heterocycles. The van der Waals surface area contributed by atoms with Gasteiger partial charge in [0.2, 0.25) is 0 Å². The molecule has 0 fully saturated rings. The van der Waals surface area contributed by atoms with Gasteiger partial charge >= 0.3 is 0 Å². The molecule has 27 heavy (non-hydrogen) atoms. The van der Waals surface area contributed by atoms with Crippen LogP contribution in [0.5, 0.6) is 11.5 Å². The predicted molar refractivity (Wildman–Crippen MR) is 109 cm³/mol. The van der Waals surface area contributed by atoms with E-state index in [9.17, 15) is 10.1 Å². The Kier molecular flexibility index (Phi) is 8.06. The number of halogens is 1. The standard InChI is InChI=1S/C20H25BrN2O4/c1-14(2)8-9-22-12-16-10-19(26-3)20(11-18(16)21)27-13-15-4-6-17(7-5-15)23(24)25/h4-7,10-11,14,22H,8-9,12-13H2,1-3H3. The first-order valence-corrected chi connectivity index (χ1v) is 9.63. The lowest BCUT2D eigenvalue weighted by Gasteiger charge is -2.15. The van der Waals surface area contributed by atoms with Gasteiger partial charge in [-0.3, -0.25) is 10.1 Å². The van der Waals surface area contributed by atoms with E-state index < -0.39 is 4.92 Å². The average Bonchev–Trinajstić information content (AvgIpc) is 2.64. The number of rotatable bonds is 10. The molecule has 0 aromatic heterocycles. The van der Waals surface area contributed by atoms with Gasteiger partial charge in [-0.2, -0.15) is 0 Å². The summed E-state index contributed by atoms with van der Waals surface area (Å²) in [6.07, 6.45) is 1.13. The molecule has 1 N–H and O–H groups in total. The number of non-ortho nitro benzene ring substituents is 1. The number of ether oxygens (including phenoxy) is 2. The van der Waals surface area contributed by atoms with E-state index in [1.165, 1.54) is 12.1 Å². The average molecular weight is 437 g/mol. The number of nitro benzene ring substituents is 1. The van der Waals surface area contributed by atoms with Crippen LogP contribution in [0.3, 0.4) is 0 Å².